The number of imidazole rings is 1. The molecule has 1 atom stereocenters. The van der Waals surface area contributed by atoms with Crippen molar-refractivity contribution in [2.24, 2.45) is 0 Å². The van der Waals surface area contributed by atoms with Crippen LogP contribution in [0.1, 0.15) is 22.9 Å². The van der Waals surface area contributed by atoms with E-state index < -0.39 is 6.04 Å². The van der Waals surface area contributed by atoms with E-state index in [4.69, 9.17) is 4.74 Å². The van der Waals surface area contributed by atoms with Crippen molar-refractivity contribution >= 4 is 5.91 Å². The van der Waals surface area contributed by atoms with Crippen LogP contribution < -0.4 is 10.1 Å². The van der Waals surface area contributed by atoms with E-state index in [1.165, 1.54) is 0 Å². The minimum absolute atomic E-state index is 0.0789. The first-order chi connectivity index (χ1) is 15.1. The van der Waals surface area contributed by atoms with Crippen LogP contribution in [0.15, 0.2) is 61.2 Å². The number of amides is 1. The molecule has 0 bridgehead atoms. The van der Waals surface area contributed by atoms with Crippen LogP contribution in [0.25, 0.3) is 16.9 Å². The molecule has 8 nitrogen and oxygen atoms in total. The predicted molar refractivity (Wildman–Crippen MR) is 115 cm³/mol. The molecule has 31 heavy (non-hydrogen) atoms. The van der Waals surface area contributed by atoms with Gasteiger partial charge in [0, 0.05) is 18.3 Å². The van der Waals surface area contributed by atoms with Crippen LogP contribution >= 0.6 is 0 Å². The molecule has 8 heteroatoms. The van der Waals surface area contributed by atoms with Gasteiger partial charge in [0.25, 0.3) is 0 Å². The van der Waals surface area contributed by atoms with Gasteiger partial charge in [0.1, 0.15) is 11.4 Å². The molecule has 0 radical (unpaired) electrons. The molecule has 3 heterocycles. The topological polar surface area (TPSA) is 86.9 Å². The zero-order chi connectivity index (χ0) is 21.4. The third-order valence-corrected chi connectivity index (χ3v) is 5.53. The molecule has 4 aromatic rings. The summed E-state index contributed by atoms with van der Waals surface area (Å²) in [6.07, 6.45) is 6.30. The van der Waals surface area contributed by atoms with Crippen LogP contribution in [0.2, 0.25) is 0 Å². The van der Waals surface area contributed by atoms with E-state index >= 15 is 0 Å². The van der Waals surface area contributed by atoms with Crippen molar-refractivity contribution in [1.82, 2.24) is 29.9 Å². The Bertz CT molecular complexity index is 1260. The highest BCUT2D eigenvalue weighted by molar-refractivity contribution is 5.84. The van der Waals surface area contributed by atoms with Gasteiger partial charge < -0.3 is 14.6 Å². The van der Waals surface area contributed by atoms with Crippen LogP contribution in [0.5, 0.6) is 5.75 Å². The predicted octanol–water partition coefficient (Wildman–Crippen LogP) is 2.71. The van der Waals surface area contributed by atoms with Crippen LogP contribution in [0.3, 0.4) is 0 Å². The van der Waals surface area contributed by atoms with Crippen LogP contribution in [0.4, 0.5) is 0 Å². The maximum absolute atomic E-state index is 12.8. The Hall–Kier alpha value is -3.94. The average molecular weight is 414 g/mol. The lowest BCUT2D eigenvalue weighted by molar-refractivity contribution is -0.123. The number of nitrogens with zero attached hydrogens (tertiary/aromatic N) is 5. The number of benzene rings is 2. The SMILES string of the molecule is COc1cc(-c2cn(C3C(=O)NCCc4ccccc43)nn2)ccc1-n1cnc(C)c1. The largest absolute Gasteiger partial charge is 0.495 e. The third kappa shape index (κ3) is 3.46. The fraction of sp³-hybridized carbons (Fsp3) is 0.217. The molecule has 1 unspecified atom stereocenters. The standard InChI is InChI=1S/C23H22N6O2/c1-15-12-28(14-25-15)20-8-7-17(11-21(20)31-2)19-13-29(27-26-19)22-18-6-4-3-5-16(18)9-10-24-23(22)30/h3-8,11-14,22H,9-10H2,1-2H3,(H,24,30). The van der Waals surface area contributed by atoms with Crippen molar-refractivity contribution < 1.29 is 9.53 Å². The second-order valence-corrected chi connectivity index (χ2v) is 7.54. The third-order valence-electron chi connectivity index (χ3n) is 5.53. The molecule has 156 valence electrons. The van der Waals surface area contributed by atoms with Crippen molar-refractivity contribution in [3.63, 3.8) is 0 Å². The summed E-state index contributed by atoms with van der Waals surface area (Å²) in [6, 6.07) is 13.3. The summed E-state index contributed by atoms with van der Waals surface area (Å²) in [6.45, 7) is 2.55. The molecule has 0 saturated heterocycles. The number of hydrogen-bond acceptors (Lipinski definition) is 5. The Balaban J connectivity index is 1.52. The molecule has 1 aliphatic heterocycles. The van der Waals surface area contributed by atoms with Crippen LogP contribution in [-0.2, 0) is 11.2 Å². The van der Waals surface area contributed by atoms with Gasteiger partial charge in [-0.1, -0.05) is 35.5 Å². The van der Waals surface area contributed by atoms with E-state index in [-0.39, 0.29) is 5.91 Å². The Kier molecular flexibility index (Phi) is 4.74. The Morgan fingerprint density at radius 1 is 1.16 bits per heavy atom. The summed E-state index contributed by atoms with van der Waals surface area (Å²) >= 11 is 0. The molecular weight excluding hydrogens is 392 g/mol. The van der Waals surface area contributed by atoms with Crippen molar-refractivity contribution in [3.05, 3.63) is 78.0 Å². The number of nitrogens with one attached hydrogen (secondary N) is 1. The van der Waals surface area contributed by atoms with Gasteiger partial charge in [-0.2, -0.15) is 0 Å². The molecule has 0 saturated carbocycles. The van der Waals surface area contributed by atoms with E-state index in [2.05, 4.69) is 26.7 Å². The molecule has 1 N–H and O–H groups in total. The maximum Gasteiger partial charge on any atom is 0.249 e. The summed E-state index contributed by atoms with van der Waals surface area (Å²) in [4.78, 5) is 17.1. The van der Waals surface area contributed by atoms with E-state index in [0.717, 1.165) is 34.5 Å². The molecule has 5 rings (SSSR count). The molecule has 0 fully saturated rings. The van der Waals surface area contributed by atoms with Crippen LogP contribution in [0, 0.1) is 6.92 Å². The molecular formula is C23H22N6O2. The van der Waals surface area contributed by atoms with Gasteiger partial charge in [-0.05, 0) is 36.6 Å². The lowest BCUT2D eigenvalue weighted by Gasteiger charge is -2.15. The number of carbonyl (C=O) groups excluding carboxylic acids is 1. The lowest BCUT2D eigenvalue weighted by atomic mass is 9.99. The van der Waals surface area contributed by atoms with Gasteiger partial charge in [0.05, 0.1) is 31.0 Å². The number of aromatic nitrogens is 5. The summed E-state index contributed by atoms with van der Waals surface area (Å²) in [5.74, 6) is 0.617. The van der Waals surface area contributed by atoms with Gasteiger partial charge in [-0.15, -0.1) is 5.10 Å². The molecule has 2 aromatic heterocycles. The monoisotopic (exact) mass is 414 g/mol. The normalized spacial score (nSPS) is 15.8. The summed E-state index contributed by atoms with van der Waals surface area (Å²) < 4.78 is 9.16. The molecule has 2 aromatic carbocycles. The van der Waals surface area contributed by atoms with E-state index in [9.17, 15) is 4.79 Å². The van der Waals surface area contributed by atoms with Crippen LogP contribution in [-0.4, -0.2) is 44.1 Å². The van der Waals surface area contributed by atoms with Gasteiger partial charge in [-0.25, -0.2) is 9.67 Å². The maximum atomic E-state index is 12.8. The van der Waals surface area contributed by atoms with Crippen molar-refractivity contribution in [2.75, 3.05) is 13.7 Å². The van der Waals surface area contributed by atoms with Crippen molar-refractivity contribution in [1.29, 1.82) is 0 Å². The van der Waals surface area contributed by atoms with Gasteiger partial charge in [-0.3, -0.25) is 4.79 Å². The minimum Gasteiger partial charge on any atom is -0.495 e. The first kappa shape index (κ1) is 19.0. The molecule has 0 aliphatic carbocycles. The zero-order valence-electron chi connectivity index (χ0n) is 17.3. The van der Waals surface area contributed by atoms with Gasteiger partial charge in [0.15, 0.2) is 6.04 Å². The Morgan fingerprint density at radius 2 is 2.03 bits per heavy atom. The lowest BCUT2D eigenvalue weighted by Crippen LogP contribution is -2.32. The summed E-state index contributed by atoms with van der Waals surface area (Å²) in [5, 5.41) is 11.6. The number of methoxy groups -OCH3 is 1. The minimum atomic E-state index is -0.546. The first-order valence-electron chi connectivity index (χ1n) is 10.1. The smallest absolute Gasteiger partial charge is 0.249 e. The van der Waals surface area contributed by atoms with Crippen molar-refractivity contribution in [2.45, 2.75) is 19.4 Å². The summed E-state index contributed by atoms with van der Waals surface area (Å²) in [5.41, 5.74) is 5.43. The van der Waals surface area contributed by atoms with Gasteiger partial charge in [0.2, 0.25) is 5.91 Å². The van der Waals surface area contributed by atoms with E-state index in [0.29, 0.717) is 18.0 Å². The molecule has 0 spiro atoms. The first-order valence-corrected chi connectivity index (χ1v) is 10.1. The fourth-order valence-electron chi connectivity index (χ4n) is 3.99. The second kappa shape index (κ2) is 7.71. The Morgan fingerprint density at radius 3 is 2.84 bits per heavy atom. The quantitative estimate of drug-likeness (QED) is 0.555. The highest BCUT2D eigenvalue weighted by atomic mass is 16.5. The number of fused-ring (bicyclic) bond motifs is 1. The number of carbonyl (C=O) groups is 1. The van der Waals surface area contributed by atoms with Gasteiger partial charge >= 0.3 is 0 Å². The zero-order valence-corrected chi connectivity index (χ0v) is 17.3. The second-order valence-electron chi connectivity index (χ2n) is 7.54. The number of ether oxygens (including phenoxy) is 1. The number of hydrogen-bond donors (Lipinski definition) is 1. The van der Waals surface area contributed by atoms with Crippen molar-refractivity contribution in [3.8, 4) is 22.7 Å². The Labute approximate surface area is 179 Å². The number of rotatable bonds is 4. The number of aryl methyl sites for hydroxylation is 1. The van der Waals surface area contributed by atoms with E-state index in [1.807, 2.05) is 60.3 Å². The highest BCUT2D eigenvalue weighted by Gasteiger charge is 2.28. The molecule has 1 aliphatic rings. The molecule has 1 amide bonds. The fourth-order valence-corrected chi connectivity index (χ4v) is 3.99. The average Bonchev–Trinajstić information content (AvgIpc) is 3.40. The van der Waals surface area contributed by atoms with E-state index in [1.54, 1.807) is 18.1 Å². The summed E-state index contributed by atoms with van der Waals surface area (Å²) in [7, 11) is 1.63. The highest BCUT2D eigenvalue weighted by Crippen LogP contribution is 2.30.